The van der Waals surface area contributed by atoms with E-state index in [1.54, 1.807) is 16.8 Å². The van der Waals surface area contributed by atoms with Gasteiger partial charge in [0.15, 0.2) is 5.65 Å². The zero-order valence-electron chi connectivity index (χ0n) is 17.0. The number of aromatic nitrogens is 7. The van der Waals surface area contributed by atoms with Crippen molar-refractivity contribution in [3.8, 4) is 5.88 Å². The molecule has 4 aromatic heterocycles. The Labute approximate surface area is 175 Å². The van der Waals surface area contributed by atoms with Crippen LogP contribution in [0.2, 0.25) is 0 Å². The molecule has 0 radical (unpaired) electrons. The van der Waals surface area contributed by atoms with Crippen LogP contribution >= 0.6 is 0 Å². The van der Waals surface area contributed by atoms with E-state index in [0.29, 0.717) is 22.4 Å². The number of nitrogens with one attached hydrogen (secondary N) is 3. The number of H-pyrrole nitrogens is 2. The number of imidazole rings is 1. The van der Waals surface area contributed by atoms with Gasteiger partial charge in [0.2, 0.25) is 11.8 Å². The van der Waals surface area contributed by atoms with Crippen LogP contribution in [0, 0.1) is 6.92 Å². The number of pyridine rings is 1. The number of aryl methyl sites for hydroxylation is 1. The van der Waals surface area contributed by atoms with Crippen molar-refractivity contribution < 1.29 is 5.11 Å². The van der Waals surface area contributed by atoms with Crippen molar-refractivity contribution in [3.05, 3.63) is 62.8 Å². The summed E-state index contributed by atoms with van der Waals surface area (Å²) in [4.78, 5) is 34.6. The molecule has 0 saturated heterocycles. The number of anilines is 1. The first-order valence-corrected chi connectivity index (χ1v) is 9.98. The molecule has 1 saturated carbocycles. The Morgan fingerprint density at radius 3 is 2.81 bits per heavy atom. The molecule has 0 bridgehead atoms. The fourth-order valence-corrected chi connectivity index (χ4v) is 3.15. The highest BCUT2D eigenvalue weighted by Gasteiger charge is 2.21. The fourth-order valence-electron chi connectivity index (χ4n) is 3.15. The normalized spacial score (nSPS) is 16.2. The minimum absolute atomic E-state index is 0.128. The smallest absolute Gasteiger partial charge is 0.326 e. The number of aromatic hydroxyl groups is 1. The topological polar surface area (TPSA) is 149 Å². The van der Waals surface area contributed by atoms with E-state index >= 15 is 0 Å². The molecular formula is C20H21N9O2. The fraction of sp³-hybridized carbons (Fsp3) is 0.300. The quantitative estimate of drug-likeness (QED) is 0.364. The molecule has 1 aliphatic carbocycles. The van der Waals surface area contributed by atoms with E-state index in [-0.39, 0.29) is 23.7 Å². The molecule has 4 heterocycles. The summed E-state index contributed by atoms with van der Waals surface area (Å²) in [6, 6.07) is 4.08. The average Bonchev–Trinajstić information content (AvgIpc) is 3.37. The van der Waals surface area contributed by atoms with Crippen molar-refractivity contribution in [2.45, 2.75) is 38.8 Å². The summed E-state index contributed by atoms with van der Waals surface area (Å²) < 4.78 is 1.56. The van der Waals surface area contributed by atoms with E-state index in [2.05, 4.69) is 40.3 Å². The monoisotopic (exact) mass is 419 g/mol. The minimum Gasteiger partial charge on any atom is -0.493 e. The molecular weight excluding hydrogens is 398 g/mol. The van der Waals surface area contributed by atoms with E-state index in [1.165, 1.54) is 0 Å². The SMILES string of the molecule is Cc1ccc(C(C)Nc2nc(=NC3CC3)n3nc/c(=C/c4[nH]c(=O)[nH]c4O)c3n2)nc1. The van der Waals surface area contributed by atoms with Crippen LogP contribution in [0.3, 0.4) is 0 Å². The van der Waals surface area contributed by atoms with Gasteiger partial charge in [0, 0.05) is 11.4 Å². The molecule has 4 N–H and O–H groups in total. The summed E-state index contributed by atoms with van der Waals surface area (Å²) in [5.74, 6) is 0.141. The van der Waals surface area contributed by atoms with Gasteiger partial charge in [0.05, 0.1) is 24.0 Å². The maximum absolute atomic E-state index is 11.4. The molecule has 5 rings (SSSR count). The molecule has 0 amide bonds. The molecule has 4 aromatic rings. The van der Waals surface area contributed by atoms with Gasteiger partial charge in [-0.3, -0.25) is 9.97 Å². The lowest BCUT2D eigenvalue weighted by molar-refractivity contribution is 0.454. The first-order valence-electron chi connectivity index (χ1n) is 9.98. The zero-order valence-corrected chi connectivity index (χ0v) is 17.0. The van der Waals surface area contributed by atoms with Crippen LogP contribution in [0.4, 0.5) is 5.95 Å². The summed E-state index contributed by atoms with van der Waals surface area (Å²) in [6.07, 6.45) is 7.06. The highest BCUT2D eigenvalue weighted by molar-refractivity contribution is 5.57. The van der Waals surface area contributed by atoms with Crippen molar-refractivity contribution >= 4 is 17.7 Å². The predicted octanol–water partition coefficient (Wildman–Crippen LogP) is 0.334. The second-order valence-electron chi connectivity index (χ2n) is 7.65. The lowest BCUT2D eigenvalue weighted by Gasteiger charge is -2.13. The van der Waals surface area contributed by atoms with Crippen LogP contribution in [0.25, 0.3) is 11.7 Å². The third-order valence-electron chi connectivity index (χ3n) is 4.98. The number of hydrogen-bond acceptors (Lipinski definition) is 8. The summed E-state index contributed by atoms with van der Waals surface area (Å²) in [6.45, 7) is 3.97. The molecule has 0 aromatic carbocycles. The van der Waals surface area contributed by atoms with Crippen LogP contribution < -0.4 is 21.8 Å². The van der Waals surface area contributed by atoms with E-state index < -0.39 is 5.69 Å². The molecule has 11 nitrogen and oxygen atoms in total. The first-order chi connectivity index (χ1) is 15.0. The first kappa shape index (κ1) is 19.0. The Bertz CT molecular complexity index is 1430. The number of rotatable bonds is 5. The van der Waals surface area contributed by atoms with Crippen molar-refractivity contribution in [1.82, 2.24) is 34.5 Å². The summed E-state index contributed by atoms with van der Waals surface area (Å²) in [7, 11) is 0. The standard InChI is InChI=1S/C20H21N9O2/c1-10-3-6-14(21-8-10)11(2)23-18-26-16-12(7-15-17(30)27-20(31)25-15)9-22-29(16)19(28-18)24-13-4-5-13/h3,6-9,11,13,30H,4-5H2,1-2H3,(H,23,24,28)(H2,25,27,31)/b12-7-. The Balaban J connectivity index is 1.61. The van der Waals surface area contributed by atoms with Gasteiger partial charge in [0.25, 0.3) is 5.62 Å². The van der Waals surface area contributed by atoms with Gasteiger partial charge >= 0.3 is 5.69 Å². The summed E-state index contributed by atoms with van der Waals surface area (Å²) >= 11 is 0. The molecule has 1 fully saturated rings. The van der Waals surface area contributed by atoms with E-state index in [4.69, 9.17) is 0 Å². The Morgan fingerprint density at radius 2 is 2.13 bits per heavy atom. The molecule has 31 heavy (non-hydrogen) atoms. The van der Waals surface area contributed by atoms with Gasteiger partial charge in [-0.2, -0.15) is 19.6 Å². The highest BCUT2D eigenvalue weighted by Crippen LogP contribution is 2.22. The Morgan fingerprint density at radius 1 is 1.29 bits per heavy atom. The largest absolute Gasteiger partial charge is 0.493 e. The molecule has 1 unspecified atom stereocenters. The second kappa shape index (κ2) is 7.35. The molecule has 158 valence electrons. The van der Waals surface area contributed by atoms with E-state index in [1.807, 2.05) is 32.2 Å². The highest BCUT2D eigenvalue weighted by atomic mass is 16.3. The van der Waals surface area contributed by atoms with Gasteiger partial charge < -0.3 is 15.4 Å². The van der Waals surface area contributed by atoms with Gasteiger partial charge in [-0.05, 0) is 44.4 Å². The minimum atomic E-state index is -0.499. The number of hydrogen-bond donors (Lipinski definition) is 4. The molecule has 1 atom stereocenters. The predicted molar refractivity (Wildman–Crippen MR) is 112 cm³/mol. The molecule has 1 aliphatic rings. The average molecular weight is 419 g/mol. The number of aromatic amines is 2. The van der Waals surface area contributed by atoms with E-state index in [0.717, 1.165) is 24.1 Å². The van der Waals surface area contributed by atoms with Gasteiger partial charge in [-0.15, -0.1) is 0 Å². The van der Waals surface area contributed by atoms with E-state index in [9.17, 15) is 9.90 Å². The number of nitrogens with zero attached hydrogens (tertiary/aromatic N) is 6. The second-order valence-corrected chi connectivity index (χ2v) is 7.65. The van der Waals surface area contributed by atoms with Gasteiger partial charge in [-0.25, -0.2) is 9.79 Å². The van der Waals surface area contributed by atoms with Crippen molar-refractivity contribution in [3.63, 3.8) is 0 Å². The third kappa shape index (κ3) is 3.89. The van der Waals surface area contributed by atoms with Crippen LogP contribution in [0.5, 0.6) is 5.88 Å². The van der Waals surface area contributed by atoms with Crippen molar-refractivity contribution in [2.75, 3.05) is 5.32 Å². The summed E-state index contributed by atoms with van der Waals surface area (Å²) in [5, 5.41) is 18.1. The van der Waals surface area contributed by atoms with Crippen LogP contribution in [0.15, 0.2) is 34.3 Å². The van der Waals surface area contributed by atoms with Crippen molar-refractivity contribution in [1.29, 1.82) is 0 Å². The molecule has 11 heteroatoms. The molecule has 0 spiro atoms. The van der Waals surface area contributed by atoms with Gasteiger partial charge in [-0.1, -0.05) is 6.07 Å². The summed E-state index contributed by atoms with van der Waals surface area (Å²) in [5.41, 5.74) is 2.65. The van der Waals surface area contributed by atoms with Gasteiger partial charge in [0.1, 0.15) is 5.69 Å². The zero-order chi connectivity index (χ0) is 21.5. The lowest BCUT2D eigenvalue weighted by atomic mass is 10.2. The van der Waals surface area contributed by atoms with Crippen LogP contribution in [0.1, 0.15) is 42.8 Å². The van der Waals surface area contributed by atoms with Crippen LogP contribution in [-0.4, -0.2) is 45.7 Å². The van der Waals surface area contributed by atoms with Crippen LogP contribution in [-0.2, 0) is 0 Å². The maximum atomic E-state index is 11.4. The maximum Gasteiger partial charge on any atom is 0.326 e. The third-order valence-corrected chi connectivity index (χ3v) is 4.98. The number of fused-ring (bicyclic) bond motifs is 1. The lowest BCUT2D eigenvalue weighted by Crippen LogP contribution is -2.25. The van der Waals surface area contributed by atoms with Crippen molar-refractivity contribution in [2.24, 2.45) is 4.99 Å². The Hall–Kier alpha value is -4.02. The molecule has 0 aliphatic heterocycles. The Kier molecular flexibility index (Phi) is 4.50.